The van der Waals surface area contributed by atoms with E-state index >= 15 is 0 Å². The predicted octanol–water partition coefficient (Wildman–Crippen LogP) is 5.84. The smallest absolute Gasteiger partial charge is 0.261 e. The molecule has 1 heterocycles. The van der Waals surface area contributed by atoms with Crippen molar-refractivity contribution in [2.24, 2.45) is 0 Å². The van der Waals surface area contributed by atoms with Gasteiger partial charge in [-0.3, -0.25) is 9.36 Å². The first-order valence-electron chi connectivity index (χ1n) is 9.26. The van der Waals surface area contributed by atoms with E-state index in [2.05, 4.69) is 0 Å². The maximum Gasteiger partial charge on any atom is 0.261 e. The van der Waals surface area contributed by atoms with Gasteiger partial charge in [0.15, 0.2) is 0 Å². The van der Waals surface area contributed by atoms with Crippen molar-refractivity contribution in [2.75, 3.05) is 6.61 Å². The highest BCUT2D eigenvalue weighted by Crippen LogP contribution is 2.21. The maximum absolute atomic E-state index is 13.1. The number of hydrogen-bond donors (Lipinski definition) is 0. The molecule has 1 aromatic heterocycles. The van der Waals surface area contributed by atoms with E-state index in [9.17, 15) is 4.79 Å². The molecule has 0 spiro atoms. The van der Waals surface area contributed by atoms with E-state index in [1.165, 1.54) is 0 Å². The summed E-state index contributed by atoms with van der Waals surface area (Å²) in [7, 11) is 0. The summed E-state index contributed by atoms with van der Waals surface area (Å²) in [6.45, 7) is 0.961. The molecule has 0 fully saturated rings. The van der Waals surface area contributed by atoms with Crippen LogP contribution in [-0.4, -0.2) is 16.2 Å². The van der Waals surface area contributed by atoms with Crippen LogP contribution in [0.1, 0.15) is 6.42 Å². The van der Waals surface area contributed by atoms with Crippen LogP contribution >= 0.6 is 23.2 Å². The zero-order valence-corrected chi connectivity index (χ0v) is 17.0. The van der Waals surface area contributed by atoms with Gasteiger partial charge in [0.25, 0.3) is 5.56 Å². The molecule has 0 amide bonds. The van der Waals surface area contributed by atoms with Crippen molar-refractivity contribution in [1.82, 2.24) is 9.55 Å². The molecule has 0 aliphatic carbocycles. The van der Waals surface area contributed by atoms with Crippen molar-refractivity contribution in [3.05, 3.63) is 93.2 Å². The van der Waals surface area contributed by atoms with Gasteiger partial charge < -0.3 is 4.74 Å². The quantitative estimate of drug-likeness (QED) is 0.365. The van der Waals surface area contributed by atoms with Gasteiger partial charge in [0.1, 0.15) is 11.6 Å². The topological polar surface area (TPSA) is 44.1 Å². The standard InChI is InChI=1S/C23H18Cl2N2O2/c24-17-8-6-16(7-9-17)22-26-21-5-2-1-4-20(21)23(28)27(22)14-3-15-29-19-12-10-18(25)11-13-19/h1-2,4-13H,3,14-15H2. The maximum atomic E-state index is 13.1. The Bertz CT molecular complexity index is 1190. The Labute approximate surface area is 178 Å². The van der Waals surface area contributed by atoms with Crippen molar-refractivity contribution in [2.45, 2.75) is 13.0 Å². The fraction of sp³-hybridized carbons (Fsp3) is 0.130. The van der Waals surface area contributed by atoms with Crippen molar-refractivity contribution in [1.29, 1.82) is 0 Å². The Morgan fingerprint density at radius 2 is 1.52 bits per heavy atom. The lowest BCUT2D eigenvalue weighted by atomic mass is 10.1. The molecule has 4 rings (SSSR count). The number of fused-ring (bicyclic) bond motifs is 1. The molecule has 0 aliphatic rings. The molecule has 4 nitrogen and oxygen atoms in total. The second-order valence-electron chi connectivity index (χ2n) is 6.57. The molecule has 0 saturated heterocycles. The van der Waals surface area contributed by atoms with E-state index < -0.39 is 0 Å². The molecule has 6 heteroatoms. The minimum absolute atomic E-state index is 0.0629. The third-order valence-electron chi connectivity index (χ3n) is 4.57. The molecule has 0 radical (unpaired) electrons. The Kier molecular flexibility index (Phi) is 5.84. The Balaban J connectivity index is 1.61. The van der Waals surface area contributed by atoms with Gasteiger partial charge in [-0.25, -0.2) is 4.98 Å². The third kappa shape index (κ3) is 4.44. The molecular weight excluding hydrogens is 407 g/mol. The monoisotopic (exact) mass is 424 g/mol. The molecule has 29 heavy (non-hydrogen) atoms. The van der Waals surface area contributed by atoms with E-state index in [1.807, 2.05) is 42.5 Å². The summed E-state index contributed by atoms with van der Waals surface area (Å²) in [6, 6.07) is 21.9. The van der Waals surface area contributed by atoms with Crippen LogP contribution < -0.4 is 10.3 Å². The molecule has 0 saturated carbocycles. The van der Waals surface area contributed by atoms with E-state index in [0.29, 0.717) is 46.3 Å². The van der Waals surface area contributed by atoms with Crippen LogP contribution in [-0.2, 0) is 6.54 Å². The lowest BCUT2D eigenvalue weighted by Crippen LogP contribution is -2.24. The van der Waals surface area contributed by atoms with Crippen LogP contribution in [0.3, 0.4) is 0 Å². The Morgan fingerprint density at radius 1 is 0.862 bits per heavy atom. The summed E-state index contributed by atoms with van der Waals surface area (Å²) in [6.07, 6.45) is 0.656. The molecule has 3 aromatic carbocycles. The molecule has 0 bridgehead atoms. The number of ether oxygens (including phenoxy) is 1. The van der Waals surface area contributed by atoms with E-state index in [4.69, 9.17) is 32.9 Å². The largest absolute Gasteiger partial charge is 0.494 e. The lowest BCUT2D eigenvalue weighted by Gasteiger charge is -2.14. The third-order valence-corrected chi connectivity index (χ3v) is 5.08. The summed E-state index contributed by atoms with van der Waals surface area (Å²) in [4.78, 5) is 17.9. The van der Waals surface area contributed by atoms with E-state index in [0.717, 1.165) is 11.3 Å². The zero-order valence-electron chi connectivity index (χ0n) is 15.5. The Morgan fingerprint density at radius 3 is 2.24 bits per heavy atom. The minimum atomic E-state index is -0.0629. The molecule has 4 aromatic rings. The number of rotatable bonds is 6. The van der Waals surface area contributed by atoms with Gasteiger partial charge in [-0.05, 0) is 67.1 Å². The van der Waals surface area contributed by atoms with Gasteiger partial charge in [0.05, 0.1) is 17.5 Å². The van der Waals surface area contributed by atoms with Gasteiger partial charge in [0, 0.05) is 22.2 Å². The van der Waals surface area contributed by atoms with Crippen LogP contribution in [0.2, 0.25) is 10.0 Å². The van der Waals surface area contributed by atoms with Gasteiger partial charge in [-0.2, -0.15) is 0 Å². The summed E-state index contributed by atoms with van der Waals surface area (Å²) in [5.41, 5.74) is 1.46. The summed E-state index contributed by atoms with van der Waals surface area (Å²) in [5, 5.41) is 1.90. The zero-order chi connectivity index (χ0) is 20.2. The number of hydrogen-bond acceptors (Lipinski definition) is 3. The highest BCUT2D eigenvalue weighted by Gasteiger charge is 2.12. The van der Waals surface area contributed by atoms with Gasteiger partial charge in [-0.1, -0.05) is 35.3 Å². The second-order valence-corrected chi connectivity index (χ2v) is 7.45. The summed E-state index contributed by atoms with van der Waals surface area (Å²) >= 11 is 11.9. The van der Waals surface area contributed by atoms with Gasteiger partial charge in [-0.15, -0.1) is 0 Å². The molecular formula is C23H18Cl2N2O2. The fourth-order valence-electron chi connectivity index (χ4n) is 3.14. The fourth-order valence-corrected chi connectivity index (χ4v) is 3.39. The highest BCUT2D eigenvalue weighted by atomic mass is 35.5. The first-order chi connectivity index (χ1) is 14.1. The van der Waals surface area contributed by atoms with Gasteiger partial charge >= 0.3 is 0 Å². The Hall–Kier alpha value is -2.82. The number of para-hydroxylation sites is 1. The van der Waals surface area contributed by atoms with Crippen LogP contribution in [0.4, 0.5) is 0 Å². The second kappa shape index (κ2) is 8.68. The number of halogens is 2. The van der Waals surface area contributed by atoms with Crippen molar-refractivity contribution >= 4 is 34.1 Å². The van der Waals surface area contributed by atoms with Gasteiger partial charge in [0.2, 0.25) is 0 Å². The highest BCUT2D eigenvalue weighted by molar-refractivity contribution is 6.30. The lowest BCUT2D eigenvalue weighted by molar-refractivity contribution is 0.301. The van der Waals surface area contributed by atoms with Crippen LogP contribution in [0.25, 0.3) is 22.3 Å². The summed E-state index contributed by atoms with van der Waals surface area (Å²) in [5.74, 6) is 1.37. The molecule has 0 unspecified atom stereocenters. The van der Waals surface area contributed by atoms with Crippen LogP contribution in [0, 0.1) is 0 Å². The van der Waals surface area contributed by atoms with E-state index in [-0.39, 0.29) is 5.56 Å². The first-order valence-corrected chi connectivity index (χ1v) is 10.0. The van der Waals surface area contributed by atoms with Crippen LogP contribution in [0.15, 0.2) is 77.6 Å². The SMILES string of the molecule is O=c1c2ccccc2nc(-c2ccc(Cl)cc2)n1CCCOc1ccc(Cl)cc1. The number of aromatic nitrogens is 2. The number of nitrogens with zero attached hydrogens (tertiary/aromatic N) is 2. The van der Waals surface area contributed by atoms with Crippen molar-refractivity contribution in [3.8, 4) is 17.1 Å². The first kappa shape index (κ1) is 19.5. The molecule has 0 aliphatic heterocycles. The summed E-state index contributed by atoms with van der Waals surface area (Å²) < 4.78 is 7.46. The normalized spacial score (nSPS) is 11.0. The van der Waals surface area contributed by atoms with E-state index in [1.54, 1.807) is 34.9 Å². The molecule has 0 atom stereocenters. The molecule has 146 valence electrons. The average molecular weight is 425 g/mol. The predicted molar refractivity (Wildman–Crippen MR) is 118 cm³/mol. The van der Waals surface area contributed by atoms with Crippen molar-refractivity contribution in [3.63, 3.8) is 0 Å². The minimum Gasteiger partial charge on any atom is -0.494 e. The van der Waals surface area contributed by atoms with Crippen molar-refractivity contribution < 1.29 is 4.74 Å². The van der Waals surface area contributed by atoms with Crippen LogP contribution in [0.5, 0.6) is 5.75 Å². The molecule has 0 N–H and O–H groups in total. The average Bonchev–Trinajstić information content (AvgIpc) is 2.74. The number of benzene rings is 3.